The summed E-state index contributed by atoms with van der Waals surface area (Å²) in [5.41, 5.74) is 3.41. The molecule has 5 nitrogen and oxygen atoms in total. The van der Waals surface area contributed by atoms with Gasteiger partial charge in [0.25, 0.3) is 5.91 Å². The molecule has 1 aromatic rings. The molecule has 2 unspecified atom stereocenters. The summed E-state index contributed by atoms with van der Waals surface area (Å²) in [6.45, 7) is 4.46. The number of ether oxygens (including phenoxy) is 1. The highest BCUT2D eigenvalue weighted by Gasteiger charge is 2.30. The van der Waals surface area contributed by atoms with Crippen molar-refractivity contribution in [2.75, 3.05) is 7.11 Å². The van der Waals surface area contributed by atoms with E-state index in [9.17, 15) is 14.0 Å². The van der Waals surface area contributed by atoms with Gasteiger partial charge in [0, 0.05) is 32.7 Å². The molecule has 1 heterocycles. The average molecular weight is 374 g/mol. The Hall–Kier alpha value is -2.21. The van der Waals surface area contributed by atoms with Crippen LogP contribution >= 0.6 is 0 Å². The lowest BCUT2D eigenvalue weighted by Gasteiger charge is -2.14. The highest BCUT2D eigenvalue weighted by atomic mass is 19.1. The van der Waals surface area contributed by atoms with E-state index < -0.39 is 11.7 Å². The topological polar surface area (TPSA) is 58.6 Å². The number of carbonyl (C=O) groups is 2. The van der Waals surface area contributed by atoms with Gasteiger partial charge in [-0.15, -0.1) is 0 Å². The highest BCUT2D eigenvalue weighted by molar-refractivity contribution is 5.92. The van der Waals surface area contributed by atoms with Gasteiger partial charge in [0.15, 0.2) is 5.83 Å². The summed E-state index contributed by atoms with van der Waals surface area (Å²) < 4.78 is 19.2. The number of methoxy groups -OCH3 is 1. The molecule has 3 rings (SSSR count). The van der Waals surface area contributed by atoms with Crippen LogP contribution in [0.5, 0.6) is 0 Å². The number of benzene rings is 1. The lowest BCUT2D eigenvalue weighted by Crippen LogP contribution is -2.29. The Labute approximate surface area is 159 Å². The second kappa shape index (κ2) is 8.21. The molecule has 2 atom stereocenters. The molecular weight excluding hydrogens is 347 g/mol. The first-order valence-electron chi connectivity index (χ1n) is 9.42. The van der Waals surface area contributed by atoms with E-state index >= 15 is 0 Å². The molecule has 2 amide bonds. The Morgan fingerprint density at radius 2 is 1.96 bits per heavy atom. The molecule has 0 spiro atoms. The molecule has 27 heavy (non-hydrogen) atoms. The predicted molar refractivity (Wildman–Crippen MR) is 100 cm³/mol. The van der Waals surface area contributed by atoms with Crippen LogP contribution in [-0.4, -0.2) is 29.9 Å². The SMILES string of the molecule is COC1CCC(C(=O)NCc2ccc3c(c2)CN(C(=O)C(F)=C(C)C)C3)C1. The Kier molecular flexibility index (Phi) is 5.95. The number of fused-ring (bicyclic) bond motifs is 1. The van der Waals surface area contributed by atoms with E-state index in [0.717, 1.165) is 36.0 Å². The predicted octanol–water partition coefficient (Wildman–Crippen LogP) is 3.22. The van der Waals surface area contributed by atoms with Crippen molar-refractivity contribution in [3.05, 3.63) is 46.3 Å². The van der Waals surface area contributed by atoms with Crippen molar-refractivity contribution in [3.63, 3.8) is 0 Å². The number of nitrogens with one attached hydrogen (secondary N) is 1. The van der Waals surface area contributed by atoms with E-state index in [1.54, 1.807) is 21.0 Å². The summed E-state index contributed by atoms with van der Waals surface area (Å²) in [6.07, 6.45) is 2.76. The molecule has 1 aromatic carbocycles. The molecule has 0 aromatic heterocycles. The molecule has 146 valence electrons. The minimum absolute atomic E-state index is 0.0181. The van der Waals surface area contributed by atoms with Gasteiger partial charge in [0.1, 0.15) is 0 Å². The van der Waals surface area contributed by atoms with Crippen molar-refractivity contribution in [2.24, 2.45) is 5.92 Å². The number of hydrogen-bond acceptors (Lipinski definition) is 3. The van der Waals surface area contributed by atoms with Gasteiger partial charge in [-0.25, -0.2) is 4.39 Å². The van der Waals surface area contributed by atoms with Crippen molar-refractivity contribution < 1.29 is 18.7 Å². The van der Waals surface area contributed by atoms with Gasteiger partial charge in [0.2, 0.25) is 5.91 Å². The van der Waals surface area contributed by atoms with Crippen LogP contribution < -0.4 is 5.32 Å². The Morgan fingerprint density at radius 3 is 2.63 bits per heavy atom. The molecule has 1 aliphatic heterocycles. The van der Waals surface area contributed by atoms with Crippen LogP contribution in [0.15, 0.2) is 29.6 Å². The van der Waals surface area contributed by atoms with Gasteiger partial charge in [-0.3, -0.25) is 9.59 Å². The van der Waals surface area contributed by atoms with E-state index in [0.29, 0.717) is 25.2 Å². The van der Waals surface area contributed by atoms with E-state index in [4.69, 9.17) is 4.74 Å². The first kappa shape index (κ1) is 19.5. The van der Waals surface area contributed by atoms with Gasteiger partial charge in [-0.05, 0) is 55.4 Å². The molecule has 0 saturated heterocycles. The largest absolute Gasteiger partial charge is 0.381 e. The fraction of sp³-hybridized carbons (Fsp3) is 0.524. The van der Waals surface area contributed by atoms with Crippen molar-refractivity contribution in [1.29, 1.82) is 0 Å². The molecule has 2 aliphatic rings. The summed E-state index contributed by atoms with van der Waals surface area (Å²) in [4.78, 5) is 26.0. The maximum atomic E-state index is 13.9. The number of carbonyl (C=O) groups excluding carboxylic acids is 2. The van der Waals surface area contributed by atoms with Crippen LogP contribution in [0, 0.1) is 5.92 Å². The highest BCUT2D eigenvalue weighted by Crippen LogP contribution is 2.28. The van der Waals surface area contributed by atoms with Crippen molar-refractivity contribution in [3.8, 4) is 0 Å². The first-order valence-corrected chi connectivity index (χ1v) is 9.42. The third-order valence-electron chi connectivity index (χ3n) is 5.46. The van der Waals surface area contributed by atoms with E-state index in [1.807, 2.05) is 18.2 Å². The molecule has 1 N–H and O–H groups in total. The zero-order chi connectivity index (χ0) is 19.6. The van der Waals surface area contributed by atoms with Crippen molar-refractivity contribution >= 4 is 11.8 Å². The fourth-order valence-corrected chi connectivity index (χ4v) is 3.78. The average Bonchev–Trinajstić information content (AvgIpc) is 3.31. The quantitative estimate of drug-likeness (QED) is 0.805. The molecule has 0 radical (unpaired) electrons. The maximum absolute atomic E-state index is 13.9. The van der Waals surface area contributed by atoms with Crippen LogP contribution in [-0.2, 0) is 34.0 Å². The second-order valence-corrected chi connectivity index (χ2v) is 7.66. The second-order valence-electron chi connectivity index (χ2n) is 7.66. The minimum atomic E-state index is -0.679. The molecular formula is C21H27FN2O3. The molecule has 6 heteroatoms. The number of hydrogen-bond donors (Lipinski definition) is 1. The first-order chi connectivity index (χ1) is 12.9. The standard InChI is InChI=1S/C21H27FN2O3/c1-13(2)19(22)21(26)24-11-16-5-4-14(8-17(16)12-24)10-23-20(25)15-6-7-18(9-15)27-3/h4-5,8,15,18H,6-7,9-12H2,1-3H3,(H,23,25). The fourth-order valence-electron chi connectivity index (χ4n) is 3.78. The Morgan fingerprint density at radius 1 is 1.22 bits per heavy atom. The zero-order valence-electron chi connectivity index (χ0n) is 16.2. The van der Waals surface area contributed by atoms with Crippen LogP contribution in [0.3, 0.4) is 0 Å². The monoisotopic (exact) mass is 374 g/mol. The van der Waals surface area contributed by atoms with E-state index in [-0.39, 0.29) is 17.9 Å². The molecule has 0 bridgehead atoms. The lowest BCUT2D eigenvalue weighted by molar-refractivity contribution is -0.129. The number of allylic oxidation sites excluding steroid dienone is 1. The minimum Gasteiger partial charge on any atom is -0.381 e. The number of nitrogens with zero attached hydrogens (tertiary/aromatic N) is 1. The number of halogens is 1. The number of rotatable bonds is 5. The van der Waals surface area contributed by atoms with Gasteiger partial charge < -0.3 is 15.0 Å². The van der Waals surface area contributed by atoms with E-state index in [2.05, 4.69) is 5.32 Å². The van der Waals surface area contributed by atoms with Gasteiger partial charge in [0.05, 0.1) is 6.10 Å². The van der Waals surface area contributed by atoms with Gasteiger partial charge in [-0.1, -0.05) is 18.2 Å². The van der Waals surface area contributed by atoms with Crippen molar-refractivity contribution in [1.82, 2.24) is 10.2 Å². The summed E-state index contributed by atoms with van der Waals surface area (Å²) in [5, 5.41) is 3.00. The van der Waals surface area contributed by atoms with Crippen molar-refractivity contribution in [2.45, 2.75) is 58.8 Å². The Balaban J connectivity index is 1.57. The molecule has 1 fully saturated rings. The zero-order valence-corrected chi connectivity index (χ0v) is 16.2. The normalized spacial score (nSPS) is 21.1. The van der Waals surface area contributed by atoms with E-state index in [1.165, 1.54) is 4.90 Å². The maximum Gasteiger partial charge on any atom is 0.283 e. The molecule has 1 saturated carbocycles. The summed E-state index contributed by atoms with van der Waals surface area (Å²) in [6, 6.07) is 5.91. The third-order valence-corrected chi connectivity index (χ3v) is 5.46. The summed E-state index contributed by atoms with van der Waals surface area (Å²) in [7, 11) is 1.69. The molecule has 1 aliphatic carbocycles. The van der Waals surface area contributed by atoms with Gasteiger partial charge >= 0.3 is 0 Å². The van der Waals surface area contributed by atoms with Gasteiger partial charge in [-0.2, -0.15) is 0 Å². The smallest absolute Gasteiger partial charge is 0.283 e. The van der Waals surface area contributed by atoms with Crippen LogP contribution in [0.2, 0.25) is 0 Å². The van der Waals surface area contributed by atoms with Crippen LogP contribution in [0.1, 0.15) is 49.8 Å². The van der Waals surface area contributed by atoms with Crippen LogP contribution in [0.4, 0.5) is 4.39 Å². The van der Waals surface area contributed by atoms with Crippen LogP contribution in [0.25, 0.3) is 0 Å². The summed E-state index contributed by atoms with van der Waals surface area (Å²) >= 11 is 0. The number of amides is 2. The Bertz CT molecular complexity index is 771. The summed E-state index contributed by atoms with van der Waals surface area (Å²) in [5.74, 6) is -1.15. The third kappa shape index (κ3) is 4.38. The lowest BCUT2D eigenvalue weighted by atomic mass is 10.1.